The number of ether oxygens (including phenoxy) is 1. The third kappa shape index (κ3) is 3.70. The average Bonchev–Trinajstić information content (AvgIpc) is 2.73. The molecule has 29 heavy (non-hydrogen) atoms. The summed E-state index contributed by atoms with van der Waals surface area (Å²) in [5, 5.41) is 21.1. The van der Waals surface area contributed by atoms with E-state index >= 15 is 0 Å². The number of rotatable bonds is 2. The molecule has 2 saturated heterocycles. The summed E-state index contributed by atoms with van der Waals surface area (Å²) in [5.41, 5.74) is 2.23. The first-order chi connectivity index (χ1) is 13.8. The van der Waals surface area contributed by atoms with Gasteiger partial charge in [-0.3, -0.25) is 4.79 Å². The molecule has 2 N–H and O–H groups in total. The lowest BCUT2D eigenvalue weighted by atomic mass is 9.75. The summed E-state index contributed by atoms with van der Waals surface area (Å²) in [4.78, 5) is 14.8. The number of benzene rings is 2. The van der Waals surface area contributed by atoms with Gasteiger partial charge in [0, 0.05) is 25.1 Å². The lowest BCUT2D eigenvalue weighted by Crippen LogP contribution is -2.64. The third-order valence-electron chi connectivity index (χ3n) is 6.57. The van der Waals surface area contributed by atoms with Crippen molar-refractivity contribution >= 4 is 5.91 Å². The number of hydrogen-bond acceptors (Lipinski definition) is 4. The van der Waals surface area contributed by atoms with Gasteiger partial charge in [-0.2, -0.15) is 0 Å². The van der Waals surface area contributed by atoms with Crippen molar-refractivity contribution in [1.29, 1.82) is 0 Å². The molecular weight excluding hydrogens is 366 g/mol. The molecule has 2 heterocycles. The molecule has 0 radical (unpaired) electrons. The van der Waals surface area contributed by atoms with Crippen molar-refractivity contribution in [2.24, 2.45) is 0 Å². The summed E-state index contributed by atoms with van der Waals surface area (Å²) < 4.78 is 5.92. The number of hydrogen-bond donors (Lipinski definition) is 2. The number of piperidine rings is 1. The first kappa shape index (κ1) is 20.1. The summed E-state index contributed by atoms with van der Waals surface area (Å²) in [7, 11) is 0. The van der Waals surface area contributed by atoms with Crippen LogP contribution >= 0.6 is 0 Å². The van der Waals surface area contributed by atoms with Crippen molar-refractivity contribution in [2.75, 3.05) is 19.7 Å². The van der Waals surface area contributed by atoms with Crippen molar-refractivity contribution in [3.8, 4) is 11.1 Å². The number of aliphatic hydroxyl groups is 2. The Morgan fingerprint density at radius 2 is 1.72 bits per heavy atom. The van der Waals surface area contributed by atoms with Crippen LogP contribution in [-0.2, 0) is 4.74 Å². The van der Waals surface area contributed by atoms with Crippen LogP contribution in [0.25, 0.3) is 11.1 Å². The topological polar surface area (TPSA) is 70.0 Å². The Hall–Kier alpha value is -2.21. The molecule has 1 amide bonds. The summed E-state index contributed by atoms with van der Waals surface area (Å²) in [5.74, 6) is -0.00626. The van der Waals surface area contributed by atoms with E-state index in [-0.39, 0.29) is 5.91 Å². The van der Waals surface area contributed by atoms with E-state index in [2.05, 4.69) is 19.1 Å². The third-order valence-corrected chi connectivity index (χ3v) is 6.57. The minimum atomic E-state index is -1.14. The van der Waals surface area contributed by atoms with E-state index in [1.807, 2.05) is 41.3 Å². The largest absolute Gasteiger partial charge is 0.387 e. The van der Waals surface area contributed by atoms with Gasteiger partial charge in [-0.05, 0) is 55.5 Å². The molecule has 2 aliphatic heterocycles. The van der Waals surface area contributed by atoms with Crippen LogP contribution in [0.15, 0.2) is 48.5 Å². The van der Waals surface area contributed by atoms with E-state index in [1.165, 1.54) is 11.1 Å². The molecule has 0 aliphatic carbocycles. The standard InChI is InChI=1S/C24H29NO4/c1-17-5-3-4-6-20(17)18-7-9-19(10-8-18)21(26)25-14-11-24(12-15-25)22(27)23(2,28)13-16-29-24/h3-10,22,27-28H,11-16H2,1-2H3/t22-,23+/m0/s1. The van der Waals surface area contributed by atoms with Gasteiger partial charge in [-0.15, -0.1) is 0 Å². The highest BCUT2D eigenvalue weighted by Crippen LogP contribution is 2.40. The van der Waals surface area contributed by atoms with E-state index in [0.717, 1.165) is 5.56 Å². The Bertz CT molecular complexity index is 882. The zero-order chi connectivity index (χ0) is 20.6. The van der Waals surface area contributed by atoms with Crippen LogP contribution in [0.4, 0.5) is 0 Å². The number of aliphatic hydroxyl groups excluding tert-OH is 1. The molecule has 5 heteroatoms. The fourth-order valence-electron chi connectivity index (χ4n) is 4.62. The van der Waals surface area contributed by atoms with Gasteiger partial charge in [0.2, 0.25) is 0 Å². The Kier molecular flexibility index (Phi) is 5.23. The van der Waals surface area contributed by atoms with E-state index < -0.39 is 17.3 Å². The fourth-order valence-corrected chi connectivity index (χ4v) is 4.62. The van der Waals surface area contributed by atoms with Gasteiger partial charge < -0.3 is 19.8 Å². The van der Waals surface area contributed by atoms with Crippen molar-refractivity contribution in [3.63, 3.8) is 0 Å². The summed E-state index contributed by atoms with van der Waals surface area (Å²) in [6.07, 6.45) is 0.537. The predicted molar refractivity (Wildman–Crippen MR) is 112 cm³/mol. The molecule has 0 saturated carbocycles. The Morgan fingerprint density at radius 3 is 2.38 bits per heavy atom. The molecule has 2 aromatic carbocycles. The predicted octanol–water partition coefficient (Wildman–Crippen LogP) is 3.17. The monoisotopic (exact) mass is 395 g/mol. The van der Waals surface area contributed by atoms with Gasteiger partial charge >= 0.3 is 0 Å². The van der Waals surface area contributed by atoms with Gasteiger partial charge in [0.05, 0.1) is 12.2 Å². The molecule has 4 rings (SSSR count). The van der Waals surface area contributed by atoms with Crippen LogP contribution in [-0.4, -0.2) is 58.0 Å². The number of carbonyl (C=O) groups is 1. The van der Waals surface area contributed by atoms with Crippen molar-refractivity contribution < 1.29 is 19.7 Å². The van der Waals surface area contributed by atoms with Crippen LogP contribution in [0.5, 0.6) is 0 Å². The Labute approximate surface area is 171 Å². The second-order valence-electron chi connectivity index (χ2n) is 8.61. The summed E-state index contributed by atoms with van der Waals surface area (Å²) >= 11 is 0. The fraction of sp³-hybridized carbons (Fsp3) is 0.458. The number of aryl methyl sites for hydroxylation is 1. The maximum atomic E-state index is 13.0. The van der Waals surface area contributed by atoms with Gasteiger partial charge in [0.15, 0.2) is 0 Å². The van der Waals surface area contributed by atoms with Crippen molar-refractivity contribution in [2.45, 2.75) is 50.4 Å². The number of likely N-dealkylation sites (tertiary alicyclic amines) is 1. The zero-order valence-electron chi connectivity index (χ0n) is 17.1. The molecule has 2 aliphatic rings. The average molecular weight is 395 g/mol. The number of carbonyl (C=O) groups excluding carboxylic acids is 1. The second-order valence-corrected chi connectivity index (χ2v) is 8.61. The highest BCUT2D eigenvalue weighted by molar-refractivity contribution is 5.94. The molecule has 0 unspecified atom stereocenters. The van der Waals surface area contributed by atoms with Gasteiger partial charge in [-0.25, -0.2) is 0 Å². The first-order valence-corrected chi connectivity index (χ1v) is 10.3. The smallest absolute Gasteiger partial charge is 0.253 e. The van der Waals surface area contributed by atoms with E-state index in [0.29, 0.717) is 44.5 Å². The van der Waals surface area contributed by atoms with Crippen molar-refractivity contribution in [3.05, 3.63) is 59.7 Å². The Morgan fingerprint density at radius 1 is 1.07 bits per heavy atom. The highest BCUT2D eigenvalue weighted by atomic mass is 16.5. The van der Waals surface area contributed by atoms with Crippen LogP contribution in [0.2, 0.25) is 0 Å². The van der Waals surface area contributed by atoms with Crippen molar-refractivity contribution in [1.82, 2.24) is 4.90 Å². The maximum Gasteiger partial charge on any atom is 0.253 e. The van der Waals surface area contributed by atoms with E-state index in [4.69, 9.17) is 4.74 Å². The maximum absolute atomic E-state index is 13.0. The molecule has 0 bridgehead atoms. The lowest BCUT2D eigenvalue weighted by Gasteiger charge is -2.51. The molecule has 0 aromatic heterocycles. The normalized spacial score (nSPS) is 26.5. The van der Waals surface area contributed by atoms with Crippen LogP contribution in [0, 0.1) is 6.92 Å². The molecule has 2 fully saturated rings. The first-order valence-electron chi connectivity index (χ1n) is 10.3. The molecule has 2 aromatic rings. The van der Waals surface area contributed by atoms with Crippen LogP contribution in [0.1, 0.15) is 42.1 Å². The van der Waals surface area contributed by atoms with Gasteiger partial charge in [0.1, 0.15) is 11.7 Å². The molecule has 1 spiro atoms. The summed E-state index contributed by atoms with van der Waals surface area (Å²) in [6.45, 7) is 5.18. The van der Waals surface area contributed by atoms with E-state index in [9.17, 15) is 15.0 Å². The second kappa shape index (κ2) is 7.56. The van der Waals surface area contributed by atoms with E-state index in [1.54, 1.807) is 6.92 Å². The number of amides is 1. The van der Waals surface area contributed by atoms with Gasteiger partial charge in [-0.1, -0.05) is 36.4 Å². The van der Waals surface area contributed by atoms with Gasteiger partial charge in [0.25, 0.3) is 5.91 Å². The highest BCUT2D eigenvalue weighted by Gasteiger charge is 2.52. The zero-order valence-corrected chi connectivity index (χ0v) is 17.1. The lowest BCUT2D eigenvalue weighted by molar-refractivity contribution is -0.244. The molecule has 154 valence electrons. The number of nitrogens with zero attached hydrogens (tertiary/aromatic N) is 1. The summed E-state index contributed by atoms with van der Waals surface area (Å²) in [6, 6.07) is 15.9. The molecular formula is C24H29NO4. The van der Waals surface area contributed by atoms with Crippen LogP contribution in [0.3, 0.4) is 0 Å². The Balaban J connectivity index is 1.44. The molecule has 2 atom stereocenters. The quantitative estimate of drug-likeness (QED) is 0.820. The SMILES string of the molecule is Cc1ccccc1-c1ccc(C(=O)N2CCC3(CC2)OCC[C@@](C)(O)[C@@H]3O)cc1. The molecule has 5 nitrogen and oxygen atoms in total. The minimum Gasteiger partial charge on any atom is -0.387 e. The minimum absolute atomic E-state index is 0.00626. The van der Waals surface area contributed by atoms with Crippen LogP contribution < -0.4 is 0 Å².